The van der Waals surface area contributed by atoms with Crippen LogP contribution in [-0.2, 0) is 16.4 Å². The lowest BCUT2D eigenvalue weighted by Gasteiger charge is -2.03. The lowest BCUT2D eigenvalue weighted by Crippen LogP contribution is -2.13. The standard InChI is InChI=1S/C10H16N2O3S/c1-7-10(9(3)13)8(2)12(11-7)5-6-16(4,14)15/h5-6H2,1-4H3. The SMILES string of the molecule is CC(=O)c1c(C)nn(CCS(C)(=O)=O)c1C. The highest BCUT2D eigenvalue weighted by molar-refractivity contribution is 7.90. The van der Waals surface area contributed by atoms with E-state index in [1.807, 2.05) is 0 Å². The third-order valence-corrected chi connectivity index (χ3v) is 3.33. The summed E-state index contributed by atoms with van der Waals surface area (Å²) in [5.74, 6) is -0.00707. The van der Waals surface area contributed by atoms with E-state index in [4.69, 9.17) is 0 Å². The Hall–Kier alpha value is -1.17. The van der Waals surface area contributed by atoms with Gasteiger partial charge in [0.05, 0.1) is 23.6 Å². The van der Waals surface area contributed by atoms with Gasteiger partial charge in [-0.1, -0.05) is 0 Å². The van der Waals surface area contributed by atoms with E-state index in [9.17, 15) is 13.2 Å². The zero-order valence-corrected chi connectivity index (χ0v) is 10.8. The average Bonchev–Trinajstić information content (AvgIpc) is 2.36. The summed E-state index contributed by atoms with van der Waals surface area (Å²) in [5, 5.41) is 4.17. The van der Waals surface area contributed by atoms with Gasteiger partial charge in [0, 0.05) is 11.9 Å². The van der Waals surface area contributed by atoms with Crippen LogP contribution in [0.25, 0.3) is 0 Å². The lowest BCUT2D eigenvalue weighted by molar-refractivity contribution is 0.101. The predicted octanol–water partition coefficient (Wildman–Crippen LogP) is 0.747. The number of nitrogens with zero attached hydrogens (tertiary/aromatic N) is 2. The summed E-state index contributed by atoms with van der Waals surface area (Å²) < 4.78 is 23.6. The van der Waals surface area contributed by atoms with Crippen molar-refractivity contribution < 1.29 is 13.2 Å². The minimum Gasteiger partial charge on any atom is -0.294 e. The number of Topliss-reactive ketones (excluding diaryl/α,β-unsaturated/α-hetero) is 1. The molecule has 1 aromatic heterocycles. The number of hydrogen-bond donors (Lipinski definition) is 0. The molecular weight excluding hydrogens is 228 g/mol. The number of carbonyl (C=O) groups is 1. The van der Waals surface area contributed by atoms with Gasteiger partial charge in [-0.2, -0.15) is 5.10 Å². The Bertz CT molecular complexity index is 514. The van der Waals surface area contributed by atoms with Crippen molar-refractivity contribution in [2.75, 3.05) is 12.0 Å². The Morgan fingerprint density at radius 1 is 1.38 bits per heavy atom. The fraction of sp³-hybridized carbons (Fsp3) is 0.600. The van der Waals surface area contributed by atoms with Crippen LogP contribution in [0.1, 0.15) is 28.7 Å². The monoisotopic (exact) mass is 244 g/mol. The number of carbonyl (C=O) groups excluding carboxylic acids is 1. The summed E-state index contributed by atoms with van der Waals surface area (Å²) in [6, 6.07) is 0. The molecule has 0 bridgehead atoms. The van der Waals surface area contributed by atoms with Crippen LogP contribution in [0.4, 0.5) is 0 Å². The lowest BCUT2D eigenvalue weighted by atomic mass is 10.1. The molecule has 16 heavy (non-hydrogen) atoms. The van der Waals surface area contributed by atoms with Crippen LogP contribution in [0, 0.1) is 13.8 Å². The van der Waals surface area contributed by atoms with Crippen molar-refractivity contribution >= 4 is 15.6 Å². The topological polar surface area (TPSA) is 69.0 Å². The average molecular weight is 244 g/mol. The van der Waals surface area contributed by atoms with Crippen LogP contribution in [0.5, 0.6) is 0 Å². The molecular formula is C10H16N2O3S. The van der Waals surface area contributed by atoms with Crippen molar-refractivity contribution in [1.82, 2.24) is 9.78 Å². The molecule has 1 heterocycles. The van der Waals surface area contributed by atoms with Crippen LogP contribution in [0.15, 0.2) is 0 Å². The number of ketones is 1. The maximum absolute atomic E-state index is 11.3. The maximum Gasteiger partial charge on any atom is 0.163 e. The minimum atomic E-state index is -3.01. The molecule has 0 fully saturated rings. The molecule has 0 N–H and O–H groups in total. The van der Waals surface area contributed by atoms with Gasteiger partial charge in [0.25, 0.3) is 0 Å². The summed E-state index contributed by atoms with van der Waals surface area (Å²) in [5.41, 5.74) is 1.97. The zero-order valence-electron chi connectivity index (χ0n) is 9.94. The Balaban J connectivity index is 3.00. The van der Waals surface area contributed by atoms with E-state index in [2.05, 4.69) is 5.10 Å². The van der Waals surface area contributed by atoms with Crippen molar-refractivity contribution in [1.29, 1.82) is 0 Å². The molecule has 0 saturated carbocycles. The normalized spacial score (nSPS) is 11.8. The van der Waals surface area contributed by atoms with Gasteiger partial charge in [0.1, 0.15) is 9.84 Å². The molecule has 0 atom stereocenters. The van der Waals surface area contributed by atoms with Crippen molar-refractivity contribution in [3.8, 4) is 0 Å². The Morgan fingerprint density at radius 3 is 2.31 bits per heavy atom. The highest BCUT2D eigenvalue weighted by Crippen LogP contribution is 2.13. The number of rotatable bonds is 4. The Morgan fingerprint density at radius 2 is 1.94 bits per heavy atom. The van der Waals surface area contributed by atoms with E-state index in [0.29, 0.717) is 17.8 Å². The van der Waals surface area contributed by atoms with Crippen molar-refractivity contribution in [2.45, 2.75) is 27.3 Å². The van der Waals surface area contributed by atoms with E-state index in [1.165, 1.54) is 13.2 Å². The first-order chi connectivity index (χ1) is 7.22. The summed E-state index contributed by atoms with van der Waals surface area (Å²) in [6.45, 7) is 5.30. The van der Waals surface area contributed by atoms with Crippen LogP contribution in [-0.4, -0.2) is 36.0 Å². The summed E-state index contributed by atoms with van der Waals surface area (Å²) in [6.07, 6.45) is 1.19. The van der Waals surface area contributed by atoms with Crippen LogP contribution >= 0.6 is 0 Å². The zero-order chi connectivity index (χ0) is 12.5. The molecule has 1 aromatic rings. The molecule has 0 aliphatic carbocycles. The largest absolute Gasteiger partial charge is 0.294 e. The molecule has 5 nitrogen and oxygen atoms in total. The van der Waals surface area contributed by atoms with Gasteiger partial charge in [-0.25, -0.2) is 8.42 Å². The maximum atomic E-state index is 11.3. The highest BCUT2D eigenvalue weighted by atomic mass is 32.2. The fourth-order valence-electron chi connectivity index (χ4n) is 1.68. The second-order valence-corrected chi connectivity index (χ2v) is 6.21. The minimum absolute atomic E-state index is 0.0340. The van der Waals surface area contributed by atoms with Gasteiger partial charge in [-0.15, -0.1) is 0 Å². The first kappa shape index (κ1) is 12.9. The number of aromatic nitrogens is 2. The Kier molecular flexibility index (Phi) is 3.52. The van der Waals surface area contributed by atoms with E-state index < -0.39 is 9.84 Å². The van der Waals surface area contributed by atoms with Gasteiger partial charge < -0.3 is 0 Å². The van der Waals surface area contributed by atoms with E-state index in [0.717, 1.165) is 5.69 Å². The molecule has 0 saturated heterocycles. The predicted molar refractivity (Wildman–Crippen MR) is 61.4 cm³/mol. The van der Waals surface area contributed by atoms with E-state index >= 15 is 0 Å². The molecule has 90 valence electrons. The van der Waals surface area contributed by atoms with Crippen molar-refractivity contribution in [3.05, 3.63) is 17.0 Å². The van der Waals surface area contributed by atoms with Crippen LogP contribution in [0.2, 0.25) is 0 Å². The molecule has 6 heteroatoms. The second-order valence-electron chi connectivity index (χ2n) is 3.96. The van der Waals surface area contributed by atoms with Crippen molar-refractivity contribution in [3.63, 3.8) is 0 Å². The number of aryl methyl sites for hydroxylation is 2. The molecule has 1 rings (SSSR count). The highest BCUT2D eigenvalue weighted by Gasteiger charge is 2.15. The number of sulfone groups is 1. The molecule has 0 amide bonds. The third-order valence-electron chi connectivity index (χ3n) is 2.41. The summed E-state index contributed by atoms with van der Waals surface area (Å²) in [7, 11) is -3.01. The summed E-state index contributed by atoms with van der Waals surface area (Å²) in [4.78, 5) is 11.3. The number of hydrogen-bond acceptors (Lipinski definition) is 4. The molecule has 0 aliphatic rings. The van der Waals surface area contributed by atoms with E-state index in [-0.39, 0.29) is 11.5 Å². The van der Waals surface area contributed by atoms with Gasteiger partial charge in [0.2, 0.25) is 0 Å². The van der Waals surface area contributed by atoms with Crippen molar-refractivity contribution in [2.24, 2.45) is 0 Å². The van der Waals surface area contributed by atoms with Gasteiger partial charge in [0.15, 0.2) is 5.78 Å². The first-order valence-electron chi connectivity index (χ1n) is 4.95. The summed E-state index contributed by atoms with van der Waals surface area (Å²) >= 11 is 0. The molecule has 0 radical (unpaired) electrons. The molecule has 0 spiro atoms. The second kappa shape index (κ2) is 4.37. The third kappa shape index (κ3) is 2.91. The van der Waals surface area contributed by atoms with Crippen LogP contribution < -0.4 is 0 Å². The van der Waals surface area contributed by atoms with E-state index in [1.54, 1.807) is 18.5 Å². The quantitative estimate of drug-likeness (QED) is 0.733. The smallest absolute Gasteiger partial charge is 0.163 e. The van der Waals surface area contributed by atoms with Crippen LogP contribution in [0.3, 0.4) is 0 Å². The fourth-order valence-corrected chi connectivity index (χ4v) is 2.18. The van der Waals surface area contributed by atoms with Gasteiger partial charge in [-0.05, 0) is 20.8 Å². The van der Waals surface area contributed by atoms with Gasteiger partial charge in [-0.3, -0.25) is 9.48 Å². The first-order valence-corrected chi connectivity index (χ1v) is 7.01. The molecule has 0 aromatic carbocycles. The molecule has 0 aliphatic heterocycles. The van der Waals surface area contributed by atoms with Gasteiger partial charge >= 0.3 is 0 Å². The molecule has 0 unspecified atom stereocenters. The Labute approximate surface area is 95.4 Å².